The van der Waals surface area contributed by atoms with Crippen LogP contribution in [0.3, 0.4) is 0 Å². The van der Waals surface area contributed by atoms with Crippen molar-refractivity contribution in [2.75, 3.05) is 0 Å². The van der Waals surface area contributed by atoms with Gasteiger partial charge in [0.05, 0.1) is 11.7 Å². The van der Waals surface area contributed by atoms with Gasteiger partial charge in [0.25, 0.3) is 0 Å². The normalized spacial score (nSPS) is 36.5. The molecule has 2 nitrogen and oxygen atoms in total. The largest absolute Gasteiger partial charge is 0.390 e. The van der Waals surface area contributed by atoms with E-state index in [1.54, 1.807) is 0 Å². The van der Waals surface area contributed by atoms with Crippen LogP contribution in [-0.2, 0) is 0 Å². The number of rotatable bonds is 3. The molecule has 0 amide bonds. The Kier molecular flexibility index (Phi) is 4.19. The summed E-state index contributed by atoms with van der Waals surface area (Å²) < 4.78 is 0. The minimum absolute atomic E-state index is 0.117. The molecular weight excluding hydrogens is 200 g/mol. The lowest BCUT2D eigenvalue weighted by molar-refractivity contribution is -0.0664. The third-order valence-corrected chi connectivity index (χ3v) is 3.96. The Balaban J connectivity index is 2.83. The molecule has 3 atom stereocenters. The predicted molar refractivity (Wildman–Crippen MR) is 67.2 cm³/mol. The van der Waals surface area contributed by atoms with Crippen LogP contribution in [0.15, 0.2) is 12.2 Å². The fourth-order valence-corrected chi connectivity index (χ4v) is 2.90. The van der Waals surface area contributed by atoms with Crippen molar-refractivity contribution >= 4 is 0 Å². The van der Waals surface area contributed by atoms with Crippen molar-refractivity contribution in [2.24, 2.45) is 11.3 Å². The second-order valence-electron chi connectivity index (χ2n) is 6.04. The van der Waals surface area contributed by atoms with Crippen molar-refractivity contribution in [3.8, 4) is 0 Å². The molecule has 0 bridgehead atoms. The molecule has 2 N–H and O–H groups in total. The summed E-state index contributed by atoms with van der Waals surface area (Å²) in [6, 6.07) is 0. The zero-order valence-electron chi connectivity index (χ0n) is 11.0. The number of hydrogen-bond donors (Lipinski definition) is 2. The molecule has 0 aromatic heterocycles. The Morgan fingerprint density at radius 3 is 2.44 bits per heavy atom. The van der Waals surface area contributed by atoms with E-state index >= 15 is 0 Å². The molecule has 94 valence electrons. The zero-order valence-corrected chi connectivity index (χ0v) is 11.0. The van der Waals surface area contributed by atoms with Crippen LogP contribution in [-0.4, -0.2) is 21.9 Å². The van der Waals surface area contributed by atoms with Crippen molar-refractivity contribution in [2.45, 2.75) is 65.1 Å². The van der Waals surface area contributed by atoms with E-state index in [1.807, 2.05) is 26.0 Å². The highest BCUT2D eigenvalue weighted by atomic mass is 16.3. The maximum atomic E-state index is 10.4. The Bertz CT molecular complexity index is 237. The number of hydrogen-bond acceptors (Lipinski definition) is 2. The van der Waals surface area contributed by atoms with E-state index in [9.17, 15) is 10.2 Å². The van der Waals surface area contributed by atoms with Crippen molar-refractivity contribution in [3.05, 3.63) is 12.2 Å². The zero-order chi connectivity index (χ0) is 12.4. The fraction of sp³-hybridized carbons (Fsp3) is 0.857. The maximum absolute atomic E-state index is 10.4. The van der Waals surface area contributed by atoms with Crippen LogP contribution in [0.2, 0.25) is 0 Å². The van der Waals surface area contributed by atoms with Gasteiger partial charge in [-0.05, 0) is 31.6 Å². The summed E-state index contributed by atoms with van der Waals surface area (Å²) >= 11 is 0. The molecule has 1 rings (SSSR count). The van der Waals surface area contributed by atoms with Gasteiger partial charge in [-0.2, -0.15) is 0 Å². The minimum Gasteiger partial charge on any atom is -0.390 e. The van der Waals surface area contributed by atoms with Crippen molar-refractivity contribution in [3.63, 3.8) is 0 Å². The van der Waals surface area contributed by atoms with Crippen LogP contribution in [0, 0.1) is 11.3 Å². The standard InChI is InChI=1S/C14H26O2/c1-5-11(15)7-8-12-13(2,3)9-6-10-14(12,4)16/h7-8,11-12,15-16H,5-6,9-10H2,1-4H3/b8-7+. The molecule has 0 heterocycles. The lowest BCUT2D eigenvalue weighted by atomic mass is 9.62. The van der Waals surface area contributed by atoms with Crippen LogP contribution in [0.5, 0.6) is 0 Å². The van der Waals surface area contributed by atoms with Crippen LogP contribution < -0.4 is 0 Å². The summed E-state index contributed by atoms with van der Waals surface area (Å²) in [7, 11) is 0. The Labute approximate surface area is 99.4 Å². The van der Waals surface area contributed by atoms with Crippen molar-refractivity contribution in [1.29, 1.82) is 0 Å². The van der Waals surface area contributed by atoms with Gasteiger partial charge in [0.15, 0.2) is 0 Å². The molecule has 16 heavy (non-hydrogen) atoms. The third kappa shape index (κ3) is 3.08. The molecule has 1 saturated carbocycles. The van der Waals surface area contributed by atoms with Crippen LogP contribution in [0.25, 0.3) is 0 Å². The smallest absolute Gasteiger partial charge is 0.0718 e. The van der Waals surface area contributed by atoms with E-state index in [4.69, 9.17) is 0 Å². The summed E-state index contributed by atoms with van der Waals surface area (Å²) in [5, 5.41) is 20.0. The molecule has 0 aliphatic heterocycles. The van der Waals surface area contributed by atoms with Gasteiger partial charge in [-0.25, -0.2) is 0 Å². The van der Waals surface area contributed by atoms with Gasteiger partial charge < -0.3 is 10.2 Å². The quantitative estimate of drug-likeness (QED) is 0.726. The van der Waals surface area contributed by atoms with Gasteiger partial charge in [-0.15, -0.1) is 0 Å². The van der Waals surface area contributed by atoms with Crippen LogP contribution >= 0.6 is 0 Å². The first-order valence-corrected chi connectivity index (χ1v) is 6.38. The average Bonchev–Trinajstić information content (AvgIpc) is 2.14. The highest BCUT2D eigenvalue weighted by Gasteiger charge is 2.43. The molecule has 1 fully saturated rings. The van der Waals surface area contributed by atoms with E-state index in [0.717, 1.165) is 25.7 Å². The van der Waals surface area contributed by atoms with E-state index in [0.29, 0.717) is 0 Å². The maximum Gasteiger partial charge on any atom is 0.0718 e. The molecule has 0 saturated heterocycles. The summed E-state index contributed by atoms with van der Waals surface area (Å²) in [5.41, 5.74) is -0.516. The average molecular weight is 226 g/mol. The number of aliphatic hydroxyl groups excluding tert-OH is 1. The number of aliphatic hydroxyl groups is 2. The fourth-order valence-electron chi connectivity index (χ4n) is 2.90. The highest BCUT2D eigenvalue weighted by molar-refractivity contribution is 5.07. The van der Waals surface area contributed by atoms with Gasteiger partial charge in [-0.3, -0.25) is 0 Å². The summed E-state index contributed by atoms with van der Waals surface area (Å²) in [6.45, 7) is 8.28. The second kappa shape index (κ2) is 4.89. The Morgan fingerprint density at radius 1 is 1.31 bits per heavy atom. The van der Waals surface area contributed by atoms with Crippen LogP contribution in [0.1, 0.15) is 53.4 Å². The molecular formula is C14H26O2. The lowest BCUT2D eigenvalue weighted by Gasteiger charge is -2.46. The van der Waals surface area contributed by atoms with Crippen molar-refractivity contribution < 1.29 is 10.2 Å². The first kappa shape index (κ1) is 13.7. The van der Waals surface area contributed by atoms with Gasteiger partial charge in [-0.1, -0.05) is 39.3 Å². The molecule has 0 aromatic carbocycles. The van der Waals surface area contributed by atoms with Gasteiger partial charge in [0.2, 0.25) is 0 Å². The SMILES string of the molecule is CCC(O)/C=C/C1C(C)(C)CCCC1(C)O. The van der Waals surface area contributed by atoms with E-state index in [-0.39, 0.29) is 17.4 Å². The van der Waals surface area contributed by atoms with Crippen molar-refractivity contribution in [1.82, 2.24) is 0 Å². The monoisotopic (exact) mass is 226 g/mol. The molecule has 0 spiro atoms. The summed E-state index contributed by atoms with van der Waals surface area (Å²) in [5.74, 6) is 0.134. The predicted octanol–water partition coefficient (Wildman–Crippen LogP) is 2.89. The molecule has 0 aromatic rings. The lowest BCUT2D eigenvalue weighted by Crippen LogP contribution is -2.46. The molecule has 1 aliphatic rings. The van der Waals surface area contributed by atoms with Gasteiger partial charge in [0.1, 0.15) is 0 Å². The minimum atomic E-state index is -0.633. The van der Waals surface area contributed by atoms with E-state index in [2.05, 4.69) is 13.8 Å². The Hall–Kier alpha value is -0.340. The highest BCUT2D eigenvalue weighted by Crippen LogP contribution is 2.46. The first-order chi connectivity index (χ1) is 7.29. The first-order valence-electron chi connectivity index (χ1n) is 6.38. The van der Waals surface area contributed by atoms with Gasteiger partial charge in [0, 0.05) is 5.92 Å². The second-order valence-corrected chi connectivity index (χ2v) is 6.04. The summed E-state index contributed by atoms with van der Waals surface area (Å²) in [4.78, 5) is 0. The van der Waals surface area contributed by atoms with E-state index in [1.165, 1.54) is 0 Å². The van der Waals surface area contributed by atoms with E-state index < -0.39 is 5.60 Å². The molecule has 1 aliphatic carbocycles. The molecule has 3 unspecified atom stereocenters. The Morgan fingerprint density at radius 2 is 1.94 bits per heavy atom. The third-order valence-electron chi connectivity index (χ3n) is 3.96. The van der Waals surface area contributed by atoms with Gasteiger partial charge >= 0.3 is 0 Å². The molecule has 0 radical (unpaired) electrons. The summed E-state index contributed by atoms with van der Waals surface area (Å²) in [6.07, 6.45) is 7.29. The molecule has 2 heteroatoms. The van der Waals surface area contributed by atoms with Crippen LogP contribution in [0.4, 0.5) is 0 Å². The topological polar surface area (TPSA) is 40.5 Å².